The number of piperazine rings is 1. The number of likely N-dealkylation sites (tertiary alicyclic amines) is 1. The molecule has 9 rings (SSSR count). The molecule has 4 saturated heterocycles. The Morgan fingerprint density at radius 1 is 0.806 bits per heavy atom. The second-order valence-electron chi connectivity index (χ2n) is 18.7. The Labute approximate surface area is 400 Å². The standard InChI is InChI=1S/C50H55Cl2N9O6/c1-50(2,36-23-34(26-53)45(42(52)24-36)66-22-14-51)35-3-6-39(7-4-35)67-31-37-11-15-54-49(55-37)59-20-18-58(19-21-59)27-32-12-16-57(17-13-32)28-33-29-60(30-33)38-5-8-40-41(25-38)48(65)61(47(40)64)43-9-10-44(62)56-46(43)63/h3-8,11,15,23-25,32-33,43H,9-10,12-14,16-22,27-31H2,1-2H3,(H,56,62,63). The Bertz CT molecular complexity index is 2570. The number of benzene rings is 3. The molecule has 1 unspecified atom stereocenters. The molecule has 67 heavy (non-hydrogen) atoms. The minimum absolute atomic E-state index is 0.0985. The number of hydrogen-bond acceptors (Lipinski definition) is 13. The smallest absolute Gasteiger partial charge is 0.262 e. The van der Waals surface area contributed by atoms with Crippen molar-refractivity contribution in [3.63, 3.8) is 0 Å². The first kappa shape index (κ1) is 46.3. The number of nitrogens with one attached hydrogen (secondary N) is 1. The maximum Gasteiger partial charge on any atom is 0.262 e. The van der Waals surface area contributed by atoms with E-state index in [0.717, 1.165) is 105 Å². The molecule has 4 fully saturated rings. The van der Waals surface area contributed by atoms with Crippen LogP contribution in [0.3, 0.4) is 0 Å². The van der Waals surface area contributed by atoms with E-state index in [0.29, 0.717) is 51.8 Å². The zero-order chi connectivity index (χ0) is 46.8. The number of fused-ring (bicyclic) bond motifs is 1. The highest BCUT2D eigenvalue weighted by atomic mass is 35.5. The van der Waals surface area contributed by atoms with Crippen LogP contribution in [0.25, 0.3) is 0 Å². The van der Waals surface area contributed by atoms with Gasteiger partial charge >= 0.3 is 0 Å². The molecule has 0 radical (unpaired) electrons. The highest BCUT2D eigenvalue weighted by molar-refractivity contribution is 6.32. The van der Waals surface area contributed by atoms with Crippen LogP contribution in [0.4, 0.5) is 11.6 Å². The zero-order valence-electron chi connectivity index (χ0n) is 37.9. The molecule has 3 aromatic carbocycles. The van der Waals surface area contributed by atoms with Gasteiger partial charge in [-0.2, -0.15) is 5.26 Å². The lowest BCUT2D eigenvalue weighted by Crippen LogP contribution is -2.54. The molecule has 5 aliphatic rings. The van der Waals surface area contributed by atoms with E-state index in [1.807, 2.05) is 48.5 Å². The fourth-order valence-electron chi connectivity index (χ4n) is 10.00. The molecular formula is C50H55Cl2N9O6. The Hall–Kier alpha value is -5.79. The molecule has 17 heteroatoms. The lowest BCUT2D eigenvalue weighted by molar-refractivity contribution is -0.136. The summed E-state index contributed by atoms with van der Waals surface area (Å²) in [7, 11) is 0. The first-order valence-corrected chi connectivity index (χ1v) is 24.1. The van der Waals surface area contributed by atoms with Gasteiger partial charge in [-0.05, 0) is 97.9 Å². The van der Waals surface area contributed by atoms with E-state index in [1.165, 1.54) is 12.8 Å². The van der Waals surface area contributed by atoms with Crippen molar-refractivity contribution in [1.29, 1.82) is 5.26 Å². The lowest BCUT2D eigenvalue weighted by atomic mass is 9.77. The summed E-state index contributed by atoms with van der Waals surface area (Å²) in [6.45, 7) is 14.6. The quantitative estimate of drug-likeness (QED) is 0.111. The fraction of sp³-hybridized carbons (Fsp3) is 0.460. The Balaban J connectivity index is 0.687. The number of nitrogens with zero attached hydrogens (tertiary/aromatic N) is 8. The van der Waals surface area contributed by atoms with E-state index >= 15 is 0 Å². The highest BCUT2D eigenvalue weighted by Crippen LogP contribution is 2.39. The third-order valence-corrected chi connectivity index (χ3v) is 14.4. The van der Waals surface area contributed by atoms with Crippen molar-refractivity contribution >= 4 is 58.5 Å². The summed E-state index contributed by atoms with van der Waals surface area (Å²) in [6.07, 6.45) is 4.42. The second kappa shape index (κ2) is 19.8. The molecule has 6 heterocycles. The van der Waals surface area contributed by atoms with E-state index < -0.39 is 29.2 Å². The predicted molar refractivity (Wildman–Crippen MR) is 254 cm³/mol. The maximum atomic E-state index is 13.3. The second-order valence-corrected chi connectivity index (χ2v) is 19.5. The van der Waals surface area contributed by atoms with Crippen LogP contribution in [0.1, 0.15) is 82.6 Å². The average molecular weight is 949 g/mol. The summed E-state index contributed by atoms with van der Waals surface area (Å²) < 4.78 is 11.8. The number of ether oxygens (including phenoxy) is 2. The number of aromatic nitrogens is 2. The molecule has 350 valence electrons. The molecule has 4 amide bonds. The normalized spacial score (nSPS) is 19.9. The van der Waals surface area contributed by atoms with Gasteiger partial charge in [0.25, 0.3) is 11.8 Å². The Morgan fingerprint density at radius 3 is 2.24 bits per heavy atom. The zero-order valence-corrected chi connectivity index (χ0v) is 39.4. The largest absolute Gasteiger partial charge is 0.489 e. The summed E-state index contributed by atoms with van der Waals surface area (Å²) >= 11 is 12.3. The molecule has 1 atom stereocenters. The predicted octanol–water partition coefficient (Wildman–Crippen LogP) is 5.90. The third-order valence-electron chi connectivity index (χ3n) is 14.0. The van der Waals surface area contributed by atoms with Crippen LogP contribution in [0.5, 0.6) is 11.5 Å². The van der Waals surface area contributed by atoms with Crippen LogP contribution < -0.4 is 24.6 Å². The van der Waals surface area contributed by atoms with Crippen molar-refractivity contribution in [1.82, 2.24) is 30.0 Å². The Kier molecular flexibility index (Phi) is 13.7. The van der Waals surface area contributed by atoms with Gasteiger partial charge in [-0.3, -0.25) is 34.3 Å². The summed E-state index contributed by atoms with van der Waals surface area (Å²) in [4.78, 5) is 70.7. The van der Waals surface area contributed by atoms with E-state index in [4.69, 9.17) is 37.7 Å². The first-order valence-electron chi connectivity index (χ1n) is 23.2. The van der Waals surface area contributed by atoms with Gasteiger partial charge in [-0.1, -0.05) is 37.6 Å². The SMILES string of the molecule is CC(C)(c1ccc(OCc2ccnc(N3CCN(CC4CCN(CC5CN(c6ccc7c(c6)C(=O)N(C6CCC(=O)NC6=O)C7=O)C5)CC4)CC3)n2)cc1)c1cc(Cl)c(OCCCl)c(C#N)c1. The number of anilines is 2. The van der Waals surface area contributed by atoms with E-state index in [9.17, 15) is 24.4 Å². The molecule has 4 aromatic rings. The minimum Gasteiger partial charge on any atom is -0.489 e. The molecule has 0 spiro atoms. The summed E-state index contributed by atoms with van der Waals surface area (Å²) in [6, 6.07) is 20.1. The molecule has 0 aliphatic carbocycles. The number of halogens is 2. The fourth-order valence-corrected chi connectivity index (χ4v) is 10.3. The lowest BCUT2D eigenvalue weighted by Gasteiger charge is -2.45. The topological polar surface area (TPSA) is 165 Å². The number of amides is 4. The number of imide groups is 2. The summed E-state index contributed by atoms with van der Waals surface area (Å²) in [5.74, 6) is 1.38. The van der Waals surface area contributed by atoms with Crippen LogP contribution in [0.15, 0.2) is 66.9 Å². The van der Waals surface area contributed by atoms with Gasteiger partial charge in [0.05, 0.1) is 33.3 Å². The summed E-state index contributed by atoms with van der Waals surface area (Å²) in [5.41, 5.74) is 4.22. The number of alkyl halides is 1. The van der Waals surface area contributed by atoms with Gasteiger partial charge in [0, 0.05) is 82.0 Å². The van der Waals surface area contributed by atoms with Crippen LogP contribution in [-0.4, -0.2) is 132 Å². The van der Waals surface area contributed by atoms with Crippen molar-refractivity contribution in [3.8, 4) is 17.6 Å². The van der Waals surface area contributed by atoms with Crippen LogP contribution in [0, 0.1) is 23.2 Å². The highest BCUT2D eigenvalue weighted by Gasteiger charge is 2.45. The number of nitriles is 1. The first-order chi connectivity index (χ1) is 32.4. The van der Waals surface area contributed by atoms with Gasteiger partial charge in [0.1, 0.15) is 31.1 Å². The third kappa shape index (κ3) is 9.95. The van der Waals surface area contributed by atoms with E-state index in [-0.39, 0.29) is 25.4 Å². The Morgan fingerprint density at radius 2 is 1.52 bits per heavy atom. The number of carbonyl (C=O) groups is 4. The maximum absolute atomic E-state index is 13.3. The minimum atomic E-state index is -0.963. The monoisotopic (exact) mass is 947 g/mol. The molecule has 1 N–H and O–H groups in total. The van der Waals surface area contributed by atoms with Crippen molar-refractivity contribution < 1.29 is 28.7 Å². The van der Waals surface area contributed by atoms with Gasteiger partial charge in [-0.15, -0.1) is 11.6 Å². The van der Waals surface area contributed by atoms with Crippen molar-refractivity contribution in [3.05, 3.63) is 105 Å². The van der Waals surface area contributed by atoms with E-state index in [1.54, 1.807) is 18.3 Å². The van der Waals surface area contributed by atoms with Gasteiger partial charge in [-0.25, -0.2) is 9.97 Å². The van der Waals surface area contributed by atoms with Crippen molar-refractivity contribution in [2.45, 2.75) is 57.6 Å². The van der Waals surface area contributed by atoms with Crippen LogP contribution in [0.2, 0.25) is 5.02 Å². The van der Waals surface area contributed by atoms with Gasteiger partial charge in [0.15, 0.2) is 5.75 Å². The van der Waals surface area contributed by atoms with Gasteiger partial charge in [0.2, 0.25) is 17.8 Å². The molecule has 1 aromatic heterocycles. The molecule has 15 nitrogen and oxygen atoms in total. The number of hydrogen-bond donors (Lipinski definition) is 1. The van der Waals surface area contributed by atoms with Crippen molar-refractivity contribution in [2.75, 3.05) is 87.7 Å². The number of carbonyl (C=O) groups excluding carboxylic acids is 4. The summed E-state index contributed by atoms with van der Waals surface area (Å²) in [5, 5.41) is 12.4. The van der Waals surface area contributed by atoms with Crippen LogP contribution >= 0.6 is 23.2 Å². The van der Waals surface area contributed by atoms with Crippen LogP contribution in [-0.2, 0) is 21.6 Å². The molecule has 0 bridgehead atoms. The molecular weight excluding hydrogens is 894 g/mol. The molecule has 0 saturated carbocycles. The number of piperidine rings is 2. The van der Waals surface area contributed by atoms with Crippen molar-refractivity contribution in [2.24, 2.45) is 11.8 Å². The van der Waals surface area contributed by atoms with E-state index in [2.05, 4.69) is 49.8 Å². The molecule has 5 aliphatic heterocycles. The van der Waals surface area contributed by atoms with Gasteiger partial charge < -0.3 is 24.2 Å². The number of rotatable bonds is 15. The average Bonchev–Trinajstić information content (AvgIpc) is 3.57.